The van der Waals surface area contributed by atoms with Crippen LogP contribution in [-0.4, -0.2) is 6.34 Å². The second-order valence-electron chi connectivity index (χ2n) is 2.77. The van der Waals surface area contributed by atoms with Gasteiger partial charge < -0.3 is 5.32 Å². The minimum absolute atomic E-state index is 0.810. The van der Waals surface area contributed by atoms with E-state index in [0.29, 0.717) is 0 Å². The van der Waals surface area contributed by atoms with E-state index in [1.54, 1.807) is 6.34 Å². The molecule has 1 aromatic rings. The van der Waals surface area contributed by atoms with Crippen LogP contribution in [0.5, 0.6) is 0 Å². The van der Waals surface area contributed by atoms with Crippen molar-refractivity contribution in [3.63, 3.8) is 0 Å². The van der Waals surface area contributed by atoms with Gasteiger partial charge in [-0.25, -0.2) is 0 Å². The first-order chi connectivity index (χ1) is 5.36. The van der Waals surface area contributed by atoms with Gasteiger partial charge in [-0.15, -0.1) is 0 Å². The zero-order valence-corrected chi connectivity index (χ0v) is 6.46. The van der Waals surface area contributed by atoms with Crippen LogP contribution in [0.4, 0.5) is 5.69 Å². The van der Waals surface area contributed by atoms with Gasteiger partial charge in [0.15, 0.2) is 0 Å². The van der Waals surface area contributed by atoms with Crippen LogP contribution in [0, 0.1) is 6.92 Å². The van der Waals surface area contributed by atoms with E-state index >= 15 is 0 Å². The molecule has 0 aromatic heterocycles. The fourth-order valence-corrected chi connectivity index (χ4v) is 1.25. The van der Waals surface area contributed by atoms with E-state index in [2.05, 4.69) is 35.4 Å². The van der Waals surface area contributed by atoms with Gasteiger partial charge in [0.2, 0.25) is 0 Å². The number of aliphatic imine (C=N–C) groups is 1. The van der Waals surface area contributed by atoms with Crippen molar-refractivity contribution in [3.05, 3.63) is 29.3 Å². The summed E-state index contributed by atoms with van der Waals surface area (Å²) >= 11 is 0. The lowest BCUT2D eigenvalue weighted by atomic mass is 10.1. The first-order valence-corrected chi connectivity index (χ1v) is 3.70. The van der Waals surface area contributed by atoms with Gasteiger partial charge in [0.25, 0.3) is 0 Å². The number of anilines is 1. The van der Waals surface area contributed by atoms with E-state index < -0.39 is 0 Å². The van der Waals surface area contributed by atoms with Crippen LogP contribution >= 0.6 is 0 Å². The average Bonchev–Trinajstić information content (AvgIpc) is 2.04. The summed E-state index contributed by atoms with van der Waals surface area (Å²) in [5.41, 5.74) is 3.76. The predicted octanol–water partition coefficient (Wildman–Crippen LogP) is 1.95. The molecule has 2 rings (SSSR count). The monoisotopic (exact) mass is 146 g/mol. The number of nitrogens with zero attached hydrogens (tertiary/aromatic N) is 1. The molecule has 1 heterocycles. The minimum atomic E-state index is 0.810. The molecule has 56 valence electrons. The van der Waals surface area contributed by atoms with Crippen LogP contribution in [0.2, 0.25) is 0 Å². The van der Waals surface area contributed by atoms with Crippen LogP contribution < -0.4 is 5.32 Å². The Bertz CT molecular complexity index is 302. The second kappa shape index (κ2) is 2.38. The van der Waals surface area contributed by atoms with Crippen LogP contribution in [-0.2, 0) is 6.54 Å². The van der Waals surface area contributed by atoms with E-state index in [9.17, 15) is 0 Å². The molecular weight excluding hydrogens is 136 g/mol. The van der Waals surface area contributed by atoms with E-state index in [1.807, 2.05) is 0 Å². The predicted molar refractivity (Wildman–Crippen MR) is 47.0 cm³/mol. The number of fused-ring (bicyclic) bond motifs is 1. The molecule has 0 radical (unpaired) electrons. The van der Waals surface area contributed by atoms with Crippen molar-refractivity contribution in [1.82, 2.24) is 0 Å². The van der Waals surface area contributed by atoms with Crippen molar-refractivity contribution in [3.8, 4) is 0 Å². The van der Waals surface area contributed by atoms with Gasteiger partial charge in [-0.05, 0) is 18.6 Å². The van der Waals surface area contributed by atoms with Crippen molar-refractivity contribution in [2.24, 2.45) is 4.99 Å². The molecule has 1 aromatic carbocycles. The standard InChI is InChI=1S/C9H10N2/c1-7-2-3-9-8(4-7)5-10-6-11-9/h2-4,6H,5H2,1H3,(H,10,11). The molecular formula is C9H10N2. The van der Waals surface area contributed by atoms with Crippen LogP contribution in [0.3, 0.4) is 0 Å². The molecule has 0 saturated heterocycles. The maximum absolute atomic E-state index is 4.12. The number of hydrogen-bond acceptors (Lipinski definition) is 2. The molecule has 2 heteroatoms. The van der Waals surface area contributed by atoms with Crippen molar-refractivity contribution in [2.45, 2.75) is 13.5 Å². The van der Waals surface area contributed by atoms with Gasteiger partial charge in [-0.3, -0.25) is 4.99 Å². The molecule has 1 N–H and O–H groups in total. The minimum Gasteiger partial charge on any atom is -0.346 e. The van der Waals surface area contributed by atoms with Crippen LogP contribution in [0.25, 0.3) is 0 Å². The first kappa shape index (κ1) is 6.40. The molecule has 0 aliphatic carbocycles. The number of hydrogen-bond donors (Lipinski definition) is 1. The highest BCUT2D eigenvalue weighted by molar-refractivity contribution is 5.79. The zero-order valence-electron chi connectivity index (χ0n) is 6.46. The van der Waals surface area contributed by atoms with E-state index in [4.69, 9.17) is 0 Å². The zero-order chi connectivity index (χ0) is 7.68. The van der Waals surface area contributed by atoms with E-state index in [-0.39, 0.29) is 0 Å². The third-order valence-electron chi connectivity index (χ3n) is 1.83. The summed E-state index contributed by atoms with van der Waals surface area (Å²) in [7, 11) is 0. The molecule has 0 bridgehead atoms. The molecule has 0 fully saturated rings. The SMILES string of the molecule is Cc1ccc2c(c1)CN=CN2. The van der Waals surface area contributed by atoms with Gasteiger partial charge >= 0.3 is 0 Å². The van der Waals surface area contributed by atoms with E-state index in [1.165, 1.54) is 16.8 Å². The lowest BCUT2D eigenvalue weighted by Crippen LogP contribution is -2.04. The molecule has 0 unspecified atom stereocenters. The third kappa shape index (κ3) is 1.11. The highest BCUT2D eigenvalue weighted by Crippen LogP contribution is 2.19. The van der Waals surface area contributed by atoms with Gasteiger partial charge in [0.1, 0.15) is 0 Å². The topological polar surface area (TPSA) is 24.4 Å². The second-order valence-corrected chi connectivity index (χ2v) is 2.77. The molecule has 0 saturated carbocycles. The maximum Gasteiger partial charge on any atom is 0.0872 e. The summed E-state index contributed by atoms with van der Waals surface area (Å²) < 4.78 is 0. The Kier molecular flexibility index (Phi) is 1.39. The number of nitrogens with one attached hydrogen (secondary N) is 1. The smallest absolute Gasteiger partial charge is 0.0872 e. The Hall–Kier alpha value is -1.31. The lowest BCUT2D eigenvalue weighted by molar-refractivity contribution is 1.06. The highest BCUT2D eigenvalue weighted by atomic mass is 15.0. The number of rotatable bonds is 0. The summed E-state index contributed by atoms with van der Waals surface area (Å²) in [6, 6.07) is 6.36. The summed E-state index contributed by atoms with van der Waals surface area (Å²) in [5.74, 6) is 0. The fourth-order valence-electron chi connectivity index (χ4n) is 1.25. The van der Waals surface area contributed by atoms with Gasteiger partial charge in [0, 0.05) is 5.69 Å². The van der Waals surface area contributed by atoms with Gasteiger partial charge in [-0.2, -0.15) is 0 Å². The Balaban J connectivity index is 2.48. The van der Waals surface area contributed by atoms with Crippen LogP contribution in [0.1, 0.15) is 11.1 Å². The molecule has 1 aliphatic heterocycles. The van der Waals surface area contributed by atoms with Crippen LogP contribution in [0.15, 0.2) is 23.2 Å². The maximum atomic E-state index is 4.12. The summed E-state index contributed by atoms with van der Waals surface area (Å²) in [6.45, 7) is 2.91. The van der Waals surface area contributed by atoms with Crippen molar-refractivity contribution in [1.29, 1.82) is 0 Å². The normalized spacial score (nSPS) is 13.9. The third-order valence-corrected chi connectivity index (χ3v) is 1.83. The Morgan fingerprint density at radius 3 is 3.27 bits per heavy atom. The molecule has 2 nitrogen and oxygen atoms in total. The van der Waals surface area contributed by atoms with E-state index in [0.717, 1.165) is 6.54 Å². The summed E-state index contributed by atoms with van der Waals surface area (Å²) in [4.78, 5) is 4.12. The molecule has 11 heavy (non-hydrogen) atoms. The highest BCUT2D eigenvalue weighted by Gasteiger charge is 2.03. The molecule has 0 spiro atoms. The first-order valence-electron chi connectivity index (χ1n) is 3.70. The molecule has 0 atom stereocenters. The molecule has 1 aliphatic rings. The summed E-state index contributed by atoms with van der Waals surface area (Å²) in [6.07, 6.45) is 1.75. The van der Waals surface area contributed by atoms with Gasteiger partial charge in [0.05, 0.1) is 12.9 Å². The summed E-state index contributed by atoms with van der Waals surface area (Å²) in [5, 5.41) is 3.10. The van der Waals surface area contributed by atoms with Crippen molar-refractivity contribution >= 4 is 12.0 Å². The largest absolute Gasteiger partial charge is 0.346 e. The Labute approximate surface area is 66.0 Å². The fraction of sp³-hybridized carbons (Fsp3) is 0.222. The number of benzene rings is 1. The van der Waals surface area contributed by atoms with Crippen molar-refractivity contribution < 1.29 is 0 Å². The number of aryl methyl sites for hydroxylation is 1. The Morgan fingerprint density at radius 1 is 1.45 bits per heavy atom. The molecule has 0 amide bonds. The quantitative estimate of drug-likeness (QED) is 0.594. The Morgan fingerprint density at radius 2 is 2.36 bits per heavy atom. The average molecular weight is 146 g/mol. The lowest BCUT2D eigenvalue weighted by Gasteiger charge is -2.11. The van der Waals surface area contributed by atoms with Crippen molar-refractivity contribution in [2.75, 3.05) is 5.32 Å². The van der Waals surface area contributed by atoms with Gasteiger partial charge in [-0.1, -0.05) is 17.7 Å².